The Labute approximate surface area is 175 Å². The molecule has 29 heavy (non-hydrogen) atoms. The minimum Gasteiger partial charge on any atom is -0.496 e. The number of carbonyl (C=O) groups is 2. The number of carbonyl (C=O) groups excluding carboxylic acids is 2. The van der Waals surface area contributed by atoms with Crippen LogP contribution in [0.3, 0.4) is 0 Å². The van der Waals surface area contributed by atoms with Gasteiger partial charge in [0.15, 0.2) is 0 Å². The van der Waals surface area contributed by atoms with Gasteiger partial charge in [-0.25, -0.2) is 0 Å². The Kier molecular flexibility index (Phi) is 6.64. The van der Waals surface area contributed by atoms with Crippen LogP contribution in [-0.4, -0.2) is 42.7 Å². The van der Waals surface area contributed by atoms with Gasteiger partial charge in [-0.05, 0) is 48.9 Å². The molecule has 3 rings (SSSR count). The molecule has 0 bridgehead atoms. The molecule has 2 aromatic carbocycles. The van der Waals surface area contributed by atoms with E-state index in [0.717, 1.165) is 16.9 Å². The molecule has 1 heterocycles. The van der Waals surface area contributed by atoms with Gasteiger partial charge in [0.05, 0.1) is 24.1 Å². The number of aryl methyl sites for hydroxylation is 2. The highest BCUT2D eigenvalue weighted by Gasteiger charge is 2.39. The van der Waals surface area contributed by atoms with Crippen molar-refractivity contribution >= 4 is 29.1 Å². The Morgan fingerprint density at radius 2 is 1.69 bits per heavy atom. The van der Waals surface area contributed by atoms with Crippen molar-refractivity contribution in [1.82, 2.24) is 4.90 Å². The van der Waals surface area contributed by atoms with Gasteiger partial charge in [-0.15, -0.1) is 11.8 Å². The van der Waals surface area contributed by atoms with Crippen LogP contribution in [0.25, 0.3) is 5.57 Å². The van der Waals surface area contributed by atoms with E-state index in [0.29, 0.717) is 27.5 Å². The van der Waals surface area contributed by atoms with E-state index in [1.54, 1.807) is 13.2 Å². The van der Waals surface area contributed by atoms with Crippen molar-refractivity contribution in [3.05, 3.63) is 64.1 Å². The SMILES string of the molecule is CCSC1=C(c2ccccc2OC)C(=O)N(CCOc2cc(C)cc(C)c2)C1=O. The molecule has 0 unspecified atom stereocenters. The Bertz CT molecular complexity index is 947. The van der Waals surface area contributed by atoms with E-state index in [-0.39, 0.29) is 25.0 Å². The van der Waals surface area contributed by atoms with Crippen LogP contribution < -0.4 is 9.47 Å². The molecule has 1 aliphatic heterocycles. The number of para-hydroxylation sites is 1. The molecule has 0 spiro atoms. The molecular weight excluding hydrogens is 386 g/mol. The second-order valence-corrected chi connectivity index (χ2v) is 8.05. The first-order valence-corrected chi connectivity index (χ1v) is 10.5. The molecule has 0 atom stereocenters. The maximum Gasteiger partial charge on any atom is 0.268 e. The molecule has 1 aliphatic rings. The fourth-order valence-corrected chi connectivity index (χ4v) is 4.26. The number of benzene rings is 2. The summed E-state index contributed by atoms with van der Waals surface area (Å²) in [5.74, 6) is 1.43. The van der Waals surface area contributed by atoms with E-state index in [1.165, 1.54) is 16.7 Å². The number of hydrogen-bond donors (Lipinski definition) is 0. The standard InChI is InChI=1S/C23H25NO4S/c1-5-29-21-20(18-8-6-7-9-19(18)27-4)22(25)24(23(21)26)10-11-28-17-13-15(2)12-16(3)14-17/h6-9,12-14H,5,10-11H2,1-4H3. The Morgan fingerprint density at radius 3 is 2.34 bits per heavy atom. The summed E-state index contributed by atoms with van der Waals surface area (Å²) >= 11 is 1.38. The largest absolute Gasteiger partial charge is 0.496 e. The van der Waals surface area contributed by atoms with E-state index in [9.17, 15) is 9.59 Å². The zero-order chi connectivity index (χ0) is 21.0. The highest BCUT2D eigenvalue weighted by Crippen LogP contribution is 2.39. The fourth-order valence-electron chi connectivity index (χ4n) is 3.39. The molecule has 0 N–H and O–H groups in total. The van der Waals surface area contributed by atoms with Crippen LogP contribution >= 0.6 is 11.8 Å². The molecule has 152 valence electrons. The number of hydrogen-bond acceptors (Lipinski definition) is 5. The first-order chi connectivity index (χ1) is 14.0. The number of imide groups is 1. The van der Waals surface area contributed by atoms with Gasteiger partial charge in [0.25, 0.3) is 11.8 Å². The van der Waals surface area contributed by atoms with Crippen molar-refractivity contribution in [2.75, 3.05) is 26.0 Å². The topological polar surface area (TPSA) is 55.8 Å². The first kappa shape index (κ1) is 21.0. The van der Waals surface area contributed by atoms with Crippen molar-refractivity contribution in [2.24, 2.45) is 0 Å². The second kappa shape index (κ2) is 9.18. The maximum absolute atomic E-state index is 13.1. The van der Waals surface area contributed by atoms with Crippen molar-refractivity contribution in [1.29, 1.82) is 0 Å². The second-order valence-electron chi connectivity index (χ2n) is 6.77. The van der Waals surface area contributed by atoms with Crippen LogP contribution in [0.5, 0.6) is 11.5 Å². The monoisotopic (exact) mass is 411 g/mol. The first-order valence-electron chi connectivity index (χ1n) is 9.54. The van der Waals surface area contributed by atoms with Gasteiger partial charge in [-0.1, -0.05) is 31.2 Å². The lowest BCUT2D eigenvalue weighted by molar-refractivity contribution is -0.136. The summed E-state index contributed by atoms with van der Waals surface area (Å²) in [6, 6.07) is 13.2. The molecule has 0 fully saturated rings. The van der Waals surface area contributed by atoms with E-state index >= 15 is 0 Å². The van der Waals surface area contributed by atoms with Gasteiger partial charge in [0.1, 0.15) is 18.1 Å². The van der Waals surface area contributed by atoms with Crippen LogP contribution in [0.2, 0.25) is 0 Å². The van der Waals surface area contributed by atoms with Crippen molar-refractivity contribution in [2.45, 2.75) is 20.8 Å². The van der Waals surface area contributed by atoms with Crippen molar-refractivity contribution in [3.8, 4) is 11.5 Å². The maximum atomic E-state index is 13.1. The third-order valence-electron chi connectivity index (χ3n) is 4.57. The number of ether oxygens (including phenoxy) is 2. The third-order valence-corrected chi connectivity index (χ3v) is 5.53. The predicted octanol–water partition coefficient (Wildman–Crippen LogP) is 4.22. The number of methoxy groups -OCH3 is 1. The highest BCUT2D eigenvalue weighted by molar-refractivity contribution is 8.04. The quantitative estimate of drug-likeness (QED) is 0.609. The zero-order valence-electron chi connectivity index (χ0n) is 17.2. The average Bonchev–Trinajstić information content (AvgIpc) is 2.92. The third kappa shape index (κ3) is 4.48. The van der Waals surface area contributed by atoms with Gasteiger partial charge < -0.3 is 9.47 Å². The predicted molar refractivity (Wildman–Crippen MR) is 116 cm³/mol. The van der Waals surface area contributed by atoms with Gasteiger partial charge in [-0.3, -0.25) is 14.5 Å². The molecule has 0 aliphatic carbocycles. The molecule has 0 radical (unpaired) electrons. The Morgan fingerprint density at radius 1 is 1.00 bits per heavy atom. The smallest absolute Gasteiger partial charge is 0.268 e. The fraction of sp³-hybridized carbons (Fsp3) is 0.304. The normalized spacial score (nSPS) is 14.0. The summed E-state index contributed by atoms with van der Waals surface area (Å²) in [6.07, 6.45) is 0. The number of nitrogens with zero attached hydrogens (tertiary/aromatic N) is 1. The van der Waals surface area contributed by atoms with E-state index in [4.69, 9.17) is 9.47 Å². The van der Waals surface area contributed by atoms with Gasteiger partial charge >= 0.3 is 0 Å². The van der Waals surface area contributed by atoms with Crippen molar-refractivity contribution in [3.63, 3.8) is 0 Å². The van der Waals surface area contributed by atoms with Crippen LogP contribution in [0.4, 0.5) is 0 Å². The summed E-state index contributed by atoms with van der Waals surface area (Å²) in [5.41, 5.74) is 3.26. The molecule has 0 saturated carbocycles. The lowest BCUT2D eigenvalue weighted by atomic mass is 10.1. The van der Waals surface area contributed by atoms with Crippen molar-refractivity contribution < 1.29 is 19.1 Å². The summed E-state index contributed by atoms with van der Waals surface area (Å²) in [6.45, 7) is 6.40. The summed E-state index contributed by atoms with van der Waals surface area (Å²) < 4.78 is 11.2. The van der Waals surface area contributed by atoms with Crippen LogP contribution in [0, 0.1) is 13.8 Å². The van der Waals surface area contributed by atoms with Crippen LogP contribution in [-0.2, 0) is 9.59 Å². The van der Waals surface area contributed by atoms with Crippen LogP contribution in [0.1, 0.15) is 23.6 Å². The van der Waals surface area contributed by atoms with E-state index < -0.39 is 0 Å². The van der Waals surface area contributed by atoms with Gasteiger partial charge in [-0.2, -0.15) is 0 Å². The number of rotatable bonds is 8. The van der Waals surface area contributed by atoms with Gasteiger partial charge in [0.2, 0.25) is 0 Å². The molecular formula is C23H25NO4S. The van der Waals surface area contributed by atoms with E-state index in [2.05, 4.69) is 6.07 Å². The molecule has 5 nitrogen and oxygen atoms in total. The zero-order valence-corrected chi connectivity index (χ0v) is 18.0. The Balaban J connectivity index is 1.80. The molecule has 6 heteroatoms. The lowest BCUT2D eigenvalue weighted by Gasteiger charge is -2.16. The Hall–Kier alpha value is -2.73. The van der Waals surface area contributed by atoms with Crippen LogP contribution in [0.15, 0.2) is 47.4 Å². The number of amides is 2. The summed E-state index contributed by atoms with van der Waals surface area (Å²) in [7, 11) is 1.56. The molecule has 0 aromatic heterocycles. The number of thioether (sulfide) groups is 1. The van der Waals surface area contributed by atoms with E-state index in [1.807, 2.05) is 51.1 Å². The molecule has 2 amide bonds. The average molecular weight is 412 g/mol. The lowest BCUT2D eigenvalue weighted by Crippen LogP contribution is -2.35. The minimum absolute atomic E-state index is 0.192. The van der Waals surface area contributed by atoms with Gasteiger partial charge in [0, 0.05) is 5.56 Å². The molecule has 0 saturated heterocycles. The highest BCUT2D eigenvalue weighted by atomic mass is 32.2. The minimum atomic E-state index is -0.306. The summed E-state index contributed by atoms with van der Waals surface area (Å²) in [5, 5.41) is 0. The summed E-state index contributed by atoms with van der Waals surface area (Å²) in [4.78, 5) is 27.8. The molecule has 2 aromatic rings.